The predicted octanol–water partition coefficient (Wildman–Crippen LogP) is 4.26. The Hall–Kier alpha value is -2.43. The van der Waals surface area contributed by atoms with Crippen LogP contribution in [0.25, 0.3) is 0 Å². The van der Waals surface area contributed by atoms with Gasteiger partial charge in [-0.3, -0.25) is 5.01 Å². The molecule has 0 saturated heterocycles. The van der Waals surface area contributed by atoms with Crippen molar-refractivity contribution in [2.75, 3.05) is 12.1 Å². The van der Waals surface area contributed by atoms with Crippen LogP contribution in [0.15, 0.2) is 53.6 Å². The molecule has 116 valence electrons. The van der Waals surface area contributed by atoms with Gasteiger partial charge >= 0.3 is 6.61 Å². The number of nitrogens with zero attached hydrogens (tertiary/aromatic N) is 2. The standard InChI is InChI=1S/C17H18F2N2O/c1-13-5-3-6-14(11-13)9-10-20-21(2)15-7-4-8-16(12-15)22-17(18)19/h3-8,10-12,17H,9H2,1-2H3/b20-10-. The lowest BCUT2D eigenvalue weighted by atomic mass is 10.1. The van der Waals surface area contributed by atoms with Gasteiger partial charge in [0.25, 0.3) is 0 Å². The zero-order valence-corrected chi connectivity index (χ0v) is 12.5. The van der Waals surface area contributed by atoms with Gasteiger partial charge in [0.05, 0.1) is 5.69 Å². The number of rotatable bonds is 6. The van der Waals surface area contributed by atoms with E-state index in [0.29, 0.717) is 12.1 Å². The predicted molar refractivity (Wildman–Crippen MR) is 84.9 cm³/mol. The molecule has 5 heteroatoms. The molecule has 2 aromatic rings. The topological polar surface area (TPSA) is 24.8 Å². The van der Waals surface area contributed by atoms with Crippen LogP contribution in [0.1, 0.15) is 11.1 Å². The highest BCUT2D eigenvalue weighted by Gasteiger charge is 2.06. The summed E-state index contributed by atoms with van der Waals surface area (Å²) in [6.45, 7) is -0.785. The average molecular weight is 304 g/mol. The van der Waals surface area contributed by atoms with Crippen LogP contribution in [0.2, 0.25) is 0 Å². The van der Waals surface area contributed by atoms with E-state index < -0.39 is 6.61 Å². The lowest BCUT2D eigenvalue weighted by Crippen LogP contribution is -2.10. The van der Waals surface area contributed by atoms with E-state index in [1.54, 1.807) is 30.4 Å². The molecule has 3 nitrogen and oxygen atoms in total. The van der Waals surface area contributed by atoms with Crippen molar-refractivity contribution in [1.29, 1.82) is 0 Å². The maximum atomic E-state index is 12.2. The van der Waals surface area contributed by atoms with Crippen molar-refractivity contribution in [1.82, 2.24) is 0 Å². The fourth-order valence-electron chi connectivity index (χ4n) is 2.04. The van der Waals surface area contributed by atoms with E-state index in [-0.39, 0.29) is 5.75 Å². The summed E-state index contributed by atoms with van der Waals surface area (Å²) in [7, 11) is 1.76. The minimum atomic E-state index is -2.83. The van der Waals surface area contributed by atoms with Crippen molar-refractivity contribution in [3.8, 4) is 5.75 Å². The van der Waals surface area contributed by atoms with Crippen LogP contribution >= 0.6 is 0 Å². The van der Waals surface area contributed by atoms with E-state index in [1.807, 2.05) is 25.1 Å². The summed E-state index contributed by atoms with van der Waals surface area (Å²) in [5.74, 6) is 0.119. The van der Waals surface area contributed by atoms with E-state index in [9.17, 15) is 8.78 Å². The van der Waals surface area contributed by atoms with Gasteiger partial charge in [0.1, 0.15) is 5.75 Å². The van der Waals surface area contributed by atoms with Crippen molar-refractivity contribution >= 4 is 11.9 Å². The number of halogens is 2. The summed E-state index contributed by atoms with van der Waals surface area (Å²) in [5, 5.41) is 5.92. The highest BCUT2D eigenvalue weighted by molar-refractivity contribution is 5.64. The van der Waals surface area contributed by atoms with Crippen LogP contribution in [0.3, 0.4) is 0 Å². The molecule has 0 aliphatic carbocycles. The third-order valence-corrected chi connectivity index (χ3v) is 3.08. The van der Waals surface area contributed by atoms with Crippen LogP contribution in [0, 0.1) is 6.92 Å². The van der Waals surface area contributed by atoms with Gasteiger partial charge in [0, 0.05) is 25.7 Å². The van der Waals surface area contributed by atoms with Crippen molar-refractivity contribution in [3.05, 3.63) is 59.7 Å². The molecular weight excluding hydrogens is 286 g/mol. The maximum absolute atomic E-state index is 12.2. The third kappa shape index (κ3) is 4.84. The molecule has 0 spiro atoms. The quantitative estimate of drug-likeness (QED) is 0.588. The largest absolute Gasteiger partial charge is 0.435 e. The number of hydrogen-bond donors (Lipinski definition) is 0. The number of hydrogen-bond acceptors (Lipinski definition) is 3. The Morgan fingerprint density at radius 3 is 2.68 bits per heavy atom. The summed E-state index contributed by atoms with van der Waals surface area (Å²) in [5.41, 5.74) is 3.06. The normalized spacial score (nSPS) is 11.1. The average Bonchev–Trinajstić information content (AvgIpc) is 2.47. The van der Waals surface area contributed by atoms with Gasteiger partial charge < -0.3 is 4.74 Å². The fourth-order valence-corrected chi connectivity index (χ4v) is 2.04. The molecule has 0 aliphatic rings. The zero-order chi connectivity index (χ0) is 15.9. The van der Waals surface area contributed by atoms with E-state index in [4.69, 9.17) is 0 Å². The Morgan fingerprint density at radius 2 is 1.95 bits per heavy atom. The molecule has 22 heavy (non-hydrogen) atoms. The molecule has 0 N–H and O–H groups in total. The molecule has 0 fully saturated rings. The van der Waals surface area contributed by atoms with E-state index in [2.05, 4.69) is 15.9 Å². The summed E-state index contributed by atoms with van der Waals surface area (Å²) >= 11 is 0. The lowest BCUT2D eigenvalue weighted by Gasteiger charge is -2.14. The second-order valence-electron chi connectivity index (χ2n) is 4.89. The molecule has 0 amide bonds. The highest BCUT2D eigenvalue weighted by Crippen LogP contribution is 2.21. The van der Waals surface area contributed by atoms with Gasteiger partial charge in [-0.1, -0.05) is 35.9 Å². The molecule has 2 rings (SSSR count). The molecule has 2 aromatic carbocycles. The Labute approximate surface area is 128 Å². The molecule has 0 aromatic heterocycles. The van der Waals surface area contributed by atoms with Gasteiger partial charge in [-0.05, 0) is 24.6 Å². The lowest BCUT2D eigenvalue weighted by molar-refractivity contribution is -0.0498. The Morgan fingerprint density at radius 1 is 1.18 bits per heavy atom. The number of hydrazone groups is 1. The molecule has 0 radical (unpaired) electrons. The van der Waals surface area contributed by atoms with Gasteiger partial charge in [0.2, 0.25) is 0 Å². The van der Waals surface area contributed by atoms with E-state index >= 15 is 0 Å². The maximum Gasteiger partial charge on any atom is 0.387 e. The summed E-state index contributed by atoms with van der Waals surface area (Å²) in [6, 6.07) is 14.6. The first-order chi connectivity index (χ1) is 10.5. The fraction of sp³-hybridized carbons (Fsp3) is 0.235. The molecule has 0 heterocycles. The molecular formula is C17H18F2N2O. The van der Waals surface area contributed by atoms with Crippen LogP contribution in [0.5, 0.6) is 5.75 Å². The Balaban J connectivity index is 1.99. The molecule has 0 aliphatic heterocycles. The highest BCUT2D eigenvalue weighted by atomic mass is 19.3. The first kappa shape index (κ1) is 15.9. The van der Waals surface area contributed by atoms with E-state index in [1.165, 1.54) is 23.3 Å². The van der Waals surface area contributed by atoms with Crippen molar-refractivity contribution in [2.45, 2.75) is 20.0 Å². The Kier molecular flexibility index (Phi) is 5.47. The van der Waals surface area contributed by atoms with Crippen molar-refractivity contribution < 1.29 is 13.5 Å². The number of benzene rings is 2. The smallest absolute Gasteiger partial charge is 0.387 e. The minimum Gasteiger partial charge on any atom is -0.435 e. The first-order valence-electron chi connectivity index (χ1n) is 6.91. The zero-order valence-electron chi connectivity index (χ0n) is 12.5. The summed E-state index contributed by atoms with van der Waals surface area (Å²) in [4.78, 5) is 0. The SMILES string of the molecule is Cc1cccc(C/C=N\N(C)c2cccc(OC(F)F)c2)c1. The van der Waals surface area contributed by atoms with Gasteiger partial charge in [0.15, 0.2) is 0 Å². The van der Waals surface area contributed by atoms with Crippen molar-refractivity contribution in [3.63, 3.8) is 0 Å². The van der Waals surface area contributed by atoms with Gasteiger partial charge in [-0.2, -0.15) is 13.9 Å². The number of aryl methyl sites for hydroxylation is 1. The molecule has 0 bridgehead atoms. The van der Waals surface area contributed by atoms with Crippen LogP contribution in [-0.4, -0.2) is 19.9 Å². The first-order valence-corrected chi connectivity index (χ1v) is 6.91. The summed E-state index contributed by atoms with van der Waals surface area (Å²) < 4.78 is 28.8. The monoisotopic (exact) mass is 304 g/mol. The van der Waals surface area contributed by atoms with Crippen molar-refractivity contribution in [2.24, 2.45) is 5.10 Å². The number of anilines is 1. The minimum absolute atomic E-state index is 0.119. The summed E-state index contributed by atoms with van der Waals surface area (Å²) in [6.07, 6.45) is 2.49. The molecule has 0 unspecified atom stereocenters. The van der Waals surface area contributed by atoms with Crippen LogP contribution in [-0.2, 0) is 6.42 Å². The number of ether oxygens (including phenoxy) is 1. The second-order valence-corrected chi connectivity index (χ2v) is 4.89. The van der Waals surface area contributed by atoms with Gasteiger partial charge in [-0.15, -0.1) is 0 Å². The molecule has 0 atom stereocenters. The van der Waals surface area contributed by atoms with E-state index in [0.717, 1.165) is 0 Å². The second kappa shape index (κ2) is 7.54. The van der Waals surface area contributed by atoms with Crippen LogP contribution < -0.4 is 9.75 Å². The number of alkyl halides is 2. The third-order valence-electron chi connectivity index (χ3n) is 3.08. The Bertz CT molecular complexity index is 644. The van der Waals surface area contributed by atoms with Gasteiger partial charge in [-0.25, -0.2) is 0 Å². The molecule has 0 saturated carbocycles. The van der Waals surface area contributed by atoms with Crippen LogP contribution in [0.4, 0.5) is 14.5 Å².